The van der Waals surface area contributed by atoms with Crippen molar-refractivity contribution in [2.75, 3.05) is 18.4 Å². The van der Waals surface area contributed by atoms with Crippen LogP contribution in [0, 0.1) is 10.1 Å². The number of halogens is 3. The van der Waals surface area contributed by atoms with Gasteiger partial charge < -0.3 is 10.6 Å². The summed E-state index contributed by atoms with van der Waals surface area (Å²) >= 11 is 0. The number of alkyl halides is 3. The van der Waals surface area contributed by atoms with Crippen LogP contribution in [0.4, 0.5) is 24.5 Å². The van der Waals surface area contributed by atoms with Crippen LogP contribution >= 0.6 is 0 Å². The lowest BCUT2D eigenvalue weighted by Gasteiger charge is -2.10. The number of nitro benzene ring substituents is 1. The van der Waals surface area contributed by atoms with E-state index in [0.29, 0.717) is 12.0 Å². The van der Waals surface area contributed by atoms with Crippen LogP contribution in [0.3, 0.4) is 0 Å². The van der Waals surface area contributed by atoms with E-state index in [1.165, 1.54) is 18.2 Å². The fourth-order valence-corrected chi connectivity index (χ4v) is 3.13. The predicted octanol–water partition coefficient (Wildman–Crippen LogP) is 2.42. The number of hydrogen-bond donors (Lipinski definition) is 3. The molecule has 4 N–H and O–H groups in total. The minimum atomic E-state index is -4.41. The van der Waals surface area contributed by atoms with Crippen molar-refractivity contribution in [3.05, 3.63) is 63.7 Å². The molecular weight excluding hydrogens is 441 g/mol. The number of nitro groups is 1. The number of hydrogen-bond acceptors (Lipinski definition) is 6. The average Bonchev–Trinajstić information content (AvgIpc) is 2.67. The number of anilines is 1. The van der Waals surface area contributed by atoms with Crippen LogP contribution in [-0.2, 0) is 27.4 Å². The lowest BCUT2D eigenvalue weighted by atomic mass is 10.1. The monoisotopic (exact) mass is 460 g/mol. The number of amides is 1. The summed E-state index contributed by atoms with van der Waals surface area (Å²) in [5.41, 5.74) is -0.612. The molecular formula is C18H19F3N4O5S. The maximum Gasteiger partial charge on any atom is 0.416 e. The number of primary sulfonamides is 1. The fourth-order valence-electron chi connectivity index (χ4n) is 2.59. The molecule has 0 spiro atoms. The second kappa shape index (κ2) is 9.75. The smallest absolute Gasteiger partial charge is 0.379 e. The predicted molar refractivity (Wildman–Crippen MR) is 106 cm³/mol. The van der Waals surface area contributed by atoms with Crippen LogP contribution < -0.4 is 15.8 Å². The zero-order chi connectivity index (χ0) is 23.2. The van der Waals surface area contributed by atoms with Gasteiger partial charge in [-0.25, -0.2) is 13.6 Å². The number of sulfonamides is 1. The molecule has 0 aliphatic carbocycles. The molecule has 0 heterocycles. The molecule has 168 valence electrons. The highest BCUT2D eigenvalue weighted by Gasteiger charge is 2.29. The Bertz CT molecular complexity index is 1060. The number of benzene rings is 2. The standard InChI is InChI=1S/C18H19F3N4O5S/c19-18(20,21)13-3-1-12(2-4-13)7-9-24-17(26)8-10-23-15-6-5-14(31(22,29)30)11-16(15)25(27)28/h1-6,11,23H,7-10H2,(H,24,26)(H2,22,29,30). The first-order valence-electron chi connectivity index (χ1n) is 8.86. The normalized spacial score (nSPS) is 11.7. The number of carbonyl (C=O) groups excluding carboxylic acids is 1. The van der Waals surface area contributed by atoms with Crippen molar-refractivity contribution < 1.29 is 31.3 Å². The van der Waals surface area contributed by atoms with Crippen LogP contribution in [-0.4, -0.2) is 32.3 Å². The van der Waals surface area contributed by atoms with Gasteiger partial charge in [-0.1, -0.05) is 12.1 Å². The summed E-state index contributed by atoms with van der Waals surface area (Å²) in [6.07, 6.45) is -4.12. The van der Waals surface area contributed by atoms with Gasteiger partial charge in [0.25, 0.3) is 5.69 Å². The van der Waals surface area contributed by atoms with Gasteiger partial charge in [0.1, 0.15) is 5.69 Å². The molecule has 31 heavy (non-hydrogen) atoms. The Morgan fingerprint density at radius 3 is 2.29 bits per heavy atom. The molecule has 9 nitrogen and oxygen atoms in total. The van der Waals surface area contributed by atoms with Crippen molar-refractivity contribution in [3.63, 3.8) is 0 Å². The second-order valence-corrected chi connectivity index (χ2v) is 8.01. The lowest BCUT2D eigenvalue weighted by Crippen LogP contribution is -2.27. The Hall–Kier alpha value is -3.19. The van der Waals surface area contributed by atoms with Crippen LogP contribution in [0.15, 0.2) is 47.4 Å². The van der Waals surface area contributed by atoms with Gasteiger partial charge in [0.2, 0.25) is 15.9 Å². The minimum Gasteiger partial charge on any atom is -0.379 e. The third kappa shape index (κ3) is 7.22. The average molecular weight is 460 g/mol. The van der Waals surface area contributed by atoms with E-state index in [2.05, 4.69) is 10.6 Å². The van der Waals surface area contributed by atoms with Gasteiger partial charge in [-0.15, -0.1) is 0 Å². The van der Waals surface area contributed by atoms with E-state index >= 15 is 0 Å². The highest BCUT2D eigenvalue weighted by atomic mass is 32.2. The highest BCUT2D eigenvalue weighted by molar-refractivity contribution is 7.89. The van der Waals surface area contributed by atoms with Crippen molar-refractivity contribution >= 4 is 27.3 Å². The molecule has 0 unspecified atom stereocenters. The summed E-state index contributed by atoms with van der Waals surface area (Å²) in [7, 11) is -4.10. The minimum absolute atomic E-state index is 0.0231. The lowest BCUT2D eigenvalue weighted by molar-refractivity contribution is -0.384. The largest absolute Gasteiger partial charge is 0.416 e. The molecule has 2 aromatic carbocycles. The Morgan fingerprint density at radius 1 is 1.10 bits per heavy atom. The second-order valence-electron chi connectivity index (χ2n) is 6.45. The summed E-state index contributed by atoms with van der Waals surface area (Å²) in [6.45, 7) is 0.231. The molecule has 0 saturated carbocycles. The first-order valence-corrected chi connectivity index (χ1v) is 10.4. The number of rotatable bonds is 9. The Morgan fingerprint density at radius 2 is 1.74 bits per heavy atom. The van der Waals surface area contributed by atoms with Crippen LogP contribution in [0.25, 0.3) is 0 Å². The number of nitrogens with zero attached hydrogens (tertiary/aromatic N) is 1. The van der Waals surface area contributed by atoms with Crippen LogP contribution in [0.1, 0.15) is 17.5 Å². The SMILES string of the molecule is NS(=O)(=O)c1ccc(NCCC(=O)NCCc2ccc(C(F)(F)F)cc2)c([N+](=O)[O-])c1. The van der Waals surface area contributed by atoms with Crippen molar-refractivity contribution in [2.24, 2.45) is 5.14 Å². The number of nitrogens with one attached hydrogen (secondary N) is 2. The molecule has 0 atom stereocenters. The Kier molecular flexibility index (Phi) is 7.57. The molecule has 0 saturated heterocycles. The van der Waals surface area contributed by atoms with Crippen molar-refractivity contribution in [2.45, 2.75) is 23.9 Å². The molecule has 0 radical (unpaired) electrons. The maximum atomic E-state index is 12.5. The highest BCUT2D eigenvalue weighted by Crippen LogP contribution is 2.29. The maximum absolute atomic E-state index is 12.5. The van der Waals surface area contributed by atoms with Crippen molar-refractivity contribution in [3.8, 4) is 0 Å². The molecule has 1 amide bonds. The summed E-state index contributed by atoms with van der Waals surface area (Å²) in [6, 6.07) is 7.71. The van der Waals surface area contributed by atoms with Gasteiger partial charge in [0.05, 0.1) is 15.4 Å². The molecule has 0 aromatic heterocycles. The third-order valence-corrected chi connectivity index (χ3v) is 5.09. The Balaban J connectivity index is 1.82. The van der Waals surface area contributed by atoms with Gasteiger partial charge in [0, 0.05) is 25.6 Å². The zero-order valence-electron chi connectivity index (χ0n) is 16.0. The van der Waals surface area contributed by atoms with Crippen LogP contribution in [0.2, 0.25) is 0 Å². The van der Waals surface area contributed by atoms with E-state index in [1.807, 2.05) is 0 Å². The van der Waals surface area contributed by atoms with E-state index in [-0.39, 0.29) is 31.1 Å². The number of nitrogens with two attached hydrogens (primary N) is 1. The third-order valence-electron chi connectivity index (χ3n) is 4.18. The van der Waals surface area contributed by atoms with Gasteiger partial charge in [0.15, 0.2) is 0 Å². The van der Waals surface area contributed by atoms with Crippen molar-refractivity contribution in [1.29, 1.82) is 0 Å². The molecule has 13 heteroatoms. The molecule has 0 aliphatic rings. The Labute approximate surface area is 175 Å². The van der Waals surface area contributed by atoms with E-state index in [4.69, 9.17) is 5.14 Å². The summed E-state index contributed by atoms with van der Waals surface area (Å²) < 4.78 is 60.2. The first kappa shape index (κ1) is 24.1. The summed E-state index contributed by atoms with van der Waals surface area (Å²) in [5.74, 6) is -0.372. The molecule has 0 bridgehead atoms. The summed E-state index contributed by atoms with van der Waals surface area (Å²) in [5, 5.41) is 21.4. The van der Waals surface area contributed by atoms with E-state index in [1.54, 1.807) is 0 Å². The van der Waals surface area contributed by atoms with Gasteiger partial charge in [-0.3, -0.25) is 14.9 Å². The molecule has 0 fully saturated rings. The van der Waals surface area contributed by atoms with E-state index in [0.717, 1.165) is 24.3 Å². The summed E-state index contributed by atoms with van der Waals surface area (Å²) in [4.78, 5) is 21.8. The first-order chi connectivity index (χ1) is 14.4. The quantitative estimate of drug-likeness (QED) is 0.387. The number of carbonyl (C=O) groups is 1. The molecule has 2 rings (SSSR count). The van der Waals surface area contributed by atoms with Crippen LogP contribution in [0.5, 0.6) is 0 Å². The molecule has 2 aromatic rings. The van der Waals surface area contributed by atoms with E-state index < -0.39 is 37.3 Å². The fraction of sp³-hybridized carbons (Fsp3) is 0.278. The van der Waals surface area contributed by atoms with Gasteiger partial charge in [-0.2, -0.15) is 13.2 Å². The van der Waals surface area contributed by atoms with Crippen molar-refractivity contribution in [1.82, 2.24) is 5.32 Å². The van der Waals surface area contributed by atoms with E-state index in [9.17, 15) is 36.5 Å². The zero-order valence-corrected chi connectivity index (χ0v) is 16.8. The van der Waals surface area contributed by atoms with Gasteiger partial charge in [-0.05, 0) is 36.2 Å². The van der Waals surface area contributed by atoms with Gasteiger partial charge >= 0.3 is 6.18 Å². The topological polar surface area (TPSA) is 144 Å². The molecule has 0 aliphatic heterocycles.